The fourth-order valence-corrected chi connectivity index (χ4v) is 4.65. The van der Waals surface area contributed by atoms with Crippen molar-refractivity contribution >= 4 is 0 Å². The van der Waals surface area contributed by atoms with E-state index in [9.17, 15) is 0 Å². The first-order chi connectivity index (χ1) is 8.45. The van der Waals surface area contributed by atoms with Crippen LogP contribution >= 0.6 is 0 Å². The van der Waals surface area contributed by atoms with Gasteiger partial charge in [-0.05, 0) is 0 Å². The summed E-state index contributed by atoms with van der Waals surface area (Å²) in [6.07, 6.45) is 16.0. The van der Waals surface area contributed by atoms with Crippen LogP contribution in [0.25, 0.3) is 0 Å². The molecule has 0 heterocycles. The van der Waals surface area contributed by atoms with Crippen LogP contribution in [0.4, 0.5) is 0 Å². The van der Waals surface area contributed by atoms with Gasteiger partial charge in [-0.1, -0.05) is 36.4 Å². The second-order valence-electron chi connectivity index (χ2n) is 3.93. The Morgan fingerprint density at radius 1 is 0.647 bits per heavy atom. The zero-order chi connectivity index (χ0) is 11.8. The van der Waals surface area contributed by atoms with Gasteiger partial charge in [0.15, 0.2) is 0 Å². The summed E-state index contributed by atoms with van der Waals surface area (Å²) < 4.78 is 3.45. The maximum absolute atomic E-state index is 2.31. The van der Waals surface area contributed by atoms with E-state index in [1.807, 2.05) is 36.4 Å². The standard InChI is InChI=1S/C6H6.2C5H5.Zr/c1-2-4-6-5-3-1;2*1-2-4-5-3-1;/h1-6H;2*1-3H,4H2;. The van der Waals surface area contributed by atoms with Crippen molar-refractivity contribution in [3.8, 4) is 0 Å². The van der Waals surface area contributed by atoms with Gasteiger partial charge in [-0.3, -0.25) is 0 Å². The minimum Gasteiger partial charge on any atom is -0.0623 e. The summed E-state index contributed by atoms with van der Waals surface area (Å²) in [6, 6.07) is 12.0. The molecule has 0 bridgehead atoms. The Balaban J connectivity index is 0.000000153. The average molecular weight is 300 g/mol. The summed E-state index contributed by atoms with van der Waals surface area (Å²) in [5.41, 5.74) is 0. The molecule has 0 unspecified atom stereocenters. The molecule has 0 N–H and O–H groups in total. The van der Waals surface area contributed by atoms with Crippen LogP contribution in [0.15, 0.2) is 79.4 Å². The number of allylic oxidation sites excluding steroid dienone is 8. The number of hydrogen-bond donors (Lipinski definition) is 0. The molecule has 1 aromatic carbocycles. The molecule has 3 rings (SSSR count). The monoisotopic (exact) mass is 298 g/mol. The third kappa shape index (κ3) is 4.83. The van der Waals surface area contributed by atoms with Crippen LogP contribution in [0, 0.1) is 0 Å². The molecular weight excluding hydrogens is 283 g/mol. The largest absolute Gasteiger partial charge is 0.0623 e. The SMILES string of the molecule is C1=CC[C]([Zr][C]2=CC=CC2)=C1.c1ccccc1. The molecule has 2 aliphatic rings. The van der Waals surface area contributed by atoms with Gasteiger partial charge in [0.2, 0.25) is 0 Å². The minimum absolute atomic E-state index is 0.312. The second-order valence-corrected chi connectivity index (χ2v) is 7.70. The molecule has 1 heteroatoms. The van der Waals surface area contributed by atoms with Crippen molar-refractivity contribution in [1.29, 1.82) is 0 Å². The maximum Gasteiger partial charge on any atom is -0.0623 e. The van der Waals surface area contributed by atoms with Crippen molar-refractivity contribution in [2.24, 2.45) is 0 Å². The van der Waals surface area contributed by atoms with E-state index in [-0.39, 0.29) is 23.2 Å². The summed E-state index contributed by atoms with van der Waals surface area (Å²) in [6.45, 7) is 0. The van der Waals surface area contributed by atoms with Gasteiger partial charge >= 0.3 is 79.1 Å². The maximum atomic E-state index is 2.31. The van der Waals surface area contributed by atoms with Crippen LogP contribution in [-0.4, -0.2) is 0 Å². The van der Waals surface area contributed by atoms with Gasteiger partial charge in [-0.15, -0.1) is 0 Å². The van der Waals surface area contributed by atoms with E-state index in [0.29, 0.717) is 0 Å². The van der Waals surface area contributed by atoms with Gasteiger partial charge in [-0.2, -0.15) is 0 Å². The summed E-state index contributed by atoms with van der Waals surface area (Å²) in [5, 5.41) is 0. The molecule has 0 aliphatic heterocycles. The molecule has 1 aromatic rings. The van der Waals surface area contributed by atoms with E-state index < -0.39 is 0 Å². The quantitative estimate of drug-likeness (QED) is 0.757. The van der Waals surface area contributed by atoms with Crippen LogP contribution in [0.2, 0.25) is 0 Å². The molecule has 0 spiro atoms. The van der Waals surface area contributed by atoms with Gasteiger partial charge in [0, 0.05) is 0 Å². The molecule has 0 radical (unpaired) electrons. The molecule has 0 aromatic heterocycles. The van der Waals surface area contributed by atoms with E-state index in [4.69, 9.17) is 0 Å². The second kappa shape index (κ2) is 7.40. The molecule has 2 aliphatic carbocycles. The van der Waals surface area contributed by atoms with E-state index in [1.165, 1.54) is 12.8 Å². The summed E-state index contributed by atoms with van der Waals surface area (Å²) in [5.74, 6) is 0. The first kappa shape index (κ1) is 12.5. The predicted octanol–water partition coefficient (Wildman–Crippen LogP) is 4.44. The van der Waals surface area contributed by atoms with Gasteiger partial charge in [0.1, 0.15) is 0 Å². The smallest absolute Gasteiger partial charge is 0.0623 e. The fourth-order valence-electron chi connectivity index (χ4n) is 1.67. The van der Waals surface area contributed by atoms with Crippen molar-refractivity contribution in [1.82, 2.24) is 0 Å². The molecule has 0 atom stereocenters. The predicted molar refractivity (Wildman–Crippen MR) is 70.1 cm³/mol. The molecule has 0 saturated carbocycles. The Kier molecular flexibility index (Phi) is 5.45. The van der Waals surface area contributed by atoms with Gasteiger partial charge in [-0.25, -0.2) is 0 Å². The Labute approximate surface area is 115 Å². The van der Waals surface area contributed by atoms with Crippen LogP contribution in [0.5, 0.6) is 0 Å². The number of hydrogen-bond acceptors (Lipinski definition) is 0. The number of benzene rings is 1. The Morgan fingerprint density at radius 2 is 1.06 bits per heavy atom. The van der Waals surface area contributed by atoms with Crippen LogP contribution < -0.4 is 0 Å². The molecule has 0 amide bonds. The van der Waals surface area contributed by atoms with E-state index in [0.717, 1.165) is 0 Å². The van der Waals surface area contributed by atoms with Crippen molar-refractivity contribution in [3.05, 3.63) is 79.4 Å². The topological polar surface area (TPSA) is 0 Å². The first-order valence-electron chi connectivity index (χ1n) is 5.93. The summed E-state index contributed by atoms with van der Waals surface area (Å²) >= 11 is -0.312. The van der Waals surface area contributed by atoms with Crippen molar-refractivity contribution in [2.75, 3.05) is 0 Å². The Morgan fingerprint density at radius 3 is 1.35 bits per heavy atom. The van der Waals surface area contributed by atoms with Crippen molar-refractivity contribution in [3.63, 3.8) is 0 Å². The normalized spacial score (nSPS) is 16.0. The molecule has 17 heavy (non-hydrogen) atoms. The van der Waals surface area contributed by atoms with Crippen LogP contribution in [0.3, 0.4) is 0 Å². The zero-order valence-electron chi connectivity index (χ0n) is 9.84. The van der Waals surface area contributed by atoms with E-state index >= 15 is 0 Å². The number of rotatable bonds is 2. The van der Waals surface area contributed by atoms with Gasteiger partial charge < -0.3 is 0 Å². The van der Waals surface area contributed by atoms with Crippen LogP contribution in [-0.2, 0) is 23.2 Å². The zero-order valence-corrected chi connectivity index (χ0v) is 12.3. The van der Waals surface area contributed by atoms with Crippen LogP contribution in [0.1, 0.15) is 12.8 Å². The first-order valence-corrected chi connectivity index (χ1v) is 8.39. The molecular formula is C16H16Zr. The molecule has 84 valence electrons. The molecule has 0 saturated heterocycles. The molecule has 0 nitrogen and oxygen atoms in total. The Hall–Kier alpha value is -0.937. The minimum atomic E-state index is -0.312. The average Bonchev–Trinajstić information content (AvgIpc) is 3.06. The summed E-state index contributed by atoms with van der Waals surface area (Å²) in [4.78, 5) is 0. The van der Waals surface area contributed by atoms with Crippen molar-refractivity contribution < 1.29 is 23.2 Å². The van der Waals surface area contributed by atoms with E-state index in [1.54, 1.807) is 6.56 Å². The molecule has 0 fully saturated rings. The fraction of sp³-hybridized carbons (Fsp3) is 0.125. The van der Waals surface area contributed by atoms with Crippen molar-refractivity contribution in [2.45, 2.75) is 12.8 Å². The van der Waals surface area contributed by atoms with Gasteiger partial charge in [0.25, 0.3) is 0 Å². The van der Waals surface area contributed by atoms with E-state index in [2.05, 4.69) is 36.5 Å². The third-order valence-electron chi connectivity index (χ3n) is 2.53. The summed E-state index contributed by atoms with van der Waals surface area (Å²) in [7, 11) is 0. The Bertz CT molecular complexity index is 395. The third-order valence-corrected chi connectivity index (χ3v) is 5.93. The van der Waals surface area contributed by atoms with Gasteiger partial charge in [0.05, 0.1) is 0 Å².